The third kappa shape index (κ3) is 1.12. The molecule has 0 aliphatic rings. The molecule has 0 N–H and O–H groups in total. The summed E-state index contributed by atoms with van der Waals surface area (Å²) in [6, 6.07) is 3.76. The van der Waals surface area contributed by atoms with Crippen LogP contribution in [0.5, 0.6) is 0 Å². The molecule has 0 aliphatic carbocycles. The van der Waals surface area contributed by atoms with Crippen molar-refractivity contribution >= 4 is 37.5 Å². The van der Waals surface area contributed by atoms with Crippen LogP contribution in [0.2, 0.25) is 0 Å². The summed E-state index contributed by atoms with van der Waals surface area (Å²) in [5.41, 5.74) is 0.734. The maximum absolute atomic E-state index is 11.2. The van der Waals surface area contributed by atoms with E-state index in [9.17, 15) is 5.21 Å². The van der Waals surface area contributed by atoms with Crippen LogP contribution in [0.3, 0.4) is 0 Å². The van der Waals surface area contributed by atoms with Crippen LogP contribution in [0, 0.1) is 5.21 Å². The van der Waals surface area contributed by atoms with Crippen molar-refractivity contribution in [3.63, 3.8) is 0 Å². The summed E-state index contributed by atoms with van der Waals surface area (Å²) in [6.45, 7) is 0. The van der Waals surface area contributed by atoms with Gasteiger partial charge in [-0.2, -0.15) is 4.73 Å². The van der Waals surface area contributed by atoms with Crippen molar-refractivity contribution in [1.82, 2.24) is 0 Å². The second-order valence-electron chi connectivity index (χ2n) is 2.15. The van der Waals surface area contributed by atoms with Crippen molar-refractivity contribution < 1.29 is 4.73 Å². The Bertz CT molecular complexity index is 398. The summed E-state index contributed by atoms with van der Waals surface area (Å²) in [7, 11) is 0. The van der Waals surface area contributed by atoms with Gasteiger partial charge in [-0.1, -0.05) is 0 Å². The minimum Gasteiger partial charge on any atom is -0.618 e. The van der Waals surface area contributed by atoms with E-state index < -0.39 is 0 Å². The van der Waals surface area contributed by atoms with E-state index in [0.29, 0.717) is 0 Å². The van der Waals surface area contributed by atoms with E-state index in [4.69, 9.17) is 0 Å². The van der Waals surface area contributed by atoms with Crippen LogP contribution < -0.4 is 4.73 Å². The lowest BCUT2D eigenvalue weighted by molar-refractivity contribution is -0.577. The van der Waals surface area contributed by atoms with E-state index in [1.807, 2.05) is 17.5 Å². The largest absolute Gasteiger partial charge is 0.618 e. The quantitative estimate of drug-likeness (QED) is 0.503. The summed E-state index contributed by atoms with van der Waals surface area (Å²) in [6.07, 6.45) is 1.51. The maximum Gasteiger partial charge on any atom is 0.234 e. The Kier molecular flexibility index (Phi) is 1.58. The predicted octanol–water partition coefficient (Wildman–Crippen LogP) is 2.30. The second kappa shape index (κ2) is 2.46. The molecule has 0 aliphatic heterocycles. The minimum absolute atomic E-state index is 0.734. The molecule has 2 nitrogen and oxygen atoms in total. The first-order valence-corrected chi connectivity index (χ1v) is 4.70. The van der Waals surface area contributed by atoms with Crippen LogP contribution in [-0.4, -0.2) is 0 Å². The highest BCUT2D eigenvalue weighted by Gasteiger charge is 2.04. The van der Waals surface area contributed by atoms with Crippen molar-refractivity contribution in [3.8, 4) is 0 Å². The first-order valence-electron chi connectivity index (χ1n) is 3.03. The molecule has 2 aromatic heterocycles. The zero-order chi connectivity index (χ0) is 7.84. The number of pyridine rings is 1. The first-order chi connectivity index (χ1) is 5.27. The van der Waals surface area contributed by atoms with Gasteiger partial charge in [-0.05, 0) is 27.4 Å². The Balaban J connectivity index is 2.91. The molecule has 2 aromatic rings. The molecular formula is C7H4BrNOS. The highest BCUT2D eigenvalue weighted by molar-refractivity contribution is 9.10. The van der Waals surface area contributed by atoms with Gasteiger partial charge in [0.2, 0.25) is 5.52 Å². The third-order valence-corrected chi connectivity index (χ3v) is 2.71. The molecule has 0 amide bonds. The Morgan fingerprint density at radius 3 is 3.18 bits per heavy atom. The van der Waals surface area contributed by atoms with Gasteiger partial charge >= 0.3 is 0 Å². The molecule has 2 rings (SSSR count). The molecule has 0 saturated heterocycles. The van der Waals surface area contributed by atoms with Crippen molar-refractivity contribution in [3.05, 3.63) is 33.4 Å². The molecule has 0 radical (unpaired) electrons. The van der Waals surface area contributed by atoms with Gasteiger partial charge in [0.25, 0.3) is 0 Å². The Labute approximate surface area is 75.8 Å². The van der Waals surface area contributed by atoms with Crippen LogP contribution in [0.4, 0.5) is 0 Å². The molecule has 0 fully saturated rings. The fourth-order valence-electron chi connectivity index (χ4n) is 0.948. The molecule has 11 heavy (non-hydrogen) atoms. The third-order valence-electron chi connectivity index (χ3n) is 1.42. The van der Waals surface area contributed by atoms with Gasteiger partial charge < -0.3 is 5.21 Å². The summed E-state index contributed by atoms with van der Waals surface area (Å²) < 4.78 is 2.70. The number of thiophene rings is 1. The average Bonchev–Trinajstić information content (AvgIpc) is 2.34. The summed E-state index contributed by atoms with van der Waals surface area (Å²) in [4.78, 5) is 0. The normalized spacial score (nSPS) is 10.6. The highest BCUT2D eigenvalue weighted by Crippen LogP contribution is 2.20. The van der Waals surface area contributed by atoms with E-state index in [0.717, 1.165) is 19.4 Å². The summed E-state index contributed by atoms with van der Waals surface area (Å²) in [5.74, 6) is 0. The molecule has 56 valence electrons. The zero-order valence-electron chi connectivity index (χ0n) is 5.45. The lowest BCUT2D eigenvalue weighted by atomic mass is 10.4. The lowest BCUT2D eigenvalue weighted by Gasteiger charge is -1.96. The fourth-order valence-corrected chi connectivity index (χ4v) is 2.33. The van der Waals surface area contributed by atoms with Gasteiger partial charge in [-0.3, -0.25) is 0 Å². The van der Waals surface area contributed by atoms with Gasteiger partial charge in [0.15, 0.2) is 6.20 Å². The SMILES string of the molecule is [O-][n+]1cc(Br)cc2sccc21. The smallest absolute Gasteiger partial charge is 0.234 e. The lowest BCUT2D eigenvalue weighted by Crippen LogP contribution is -2.25. The Morgan fingerprint density at radius 2 is 2.36 bits per heavy atom. The predicted molar refractivity (Wildman–Crippen MR) is 48.5 cm³/mol. The second-order valence-corrected chi connectivity index (χ2v) is 4.02. The molecule has 0 spiro atoms. The zero-order valence-corrected chi connectivity index (χ0v) is 7.85. The van der Waals surface area contributed by atoms with Crippen molar-refractivity contribution in [1.29, 1.82) is 0 Å². The van der Waals surface area contributed by atoms with E-state index >= 15 is 0 Å². The molecule has 0 bridgehead atoms. The van der Waals surface area contributed by atoms with Crippen molar-refractivity contribution in [2.45, 2.75) is 0 Å². The van der Waals surface area contributed by atoms with Crippen molar-refractivity contribution in [2.75, 3.05) is 0 Å². The van der Waals surface area contributed by atoms with Gasteiger partial charge in [0.05, 0.1) is 4.47 Å². The van der Waals surface area contributed by atoms with Gasteiger partial charge in [-0.25, -0.2) is 0 Å². The number of hydrogen-bond acceptors (Lipinski definition) is 2. The minimum atomic E-state index is 0.734. The average molecular weight is 230 g/mol. The topological polar surface area (TPSA) is 26.9 Å². The van der Waals surface area contributed by atoms with Crippen LogP contribution in [0.15, 0.2) is 28.2 Å². The number of rotatable bonds is 0. The van der Waals surface area contributed by atoms with E-state index in [1.165, 1.54) is 6.20 Å². The van der Waals surface area contributed by atoms with Crippen LogP contribution in [0.1, 0.15) is 0 Å². The summed E-state index contributed by atoms with van der Waals surface area (Å²) >= 11 is 4.82. The molecule has 2 heterocycles. The molecule has 0 aromatic carbocycles. The number of nitrogens with zero attached hydrogens (tertiary/aromatic N) is 1. The molecule has 0 unspecified atom stereocenters. The van der Waals surface area contributed by atoms with Crippen LogP contribution >= 0.6 is 27.3 Å². The fraction of sp³-hybridized carbons (Fsp3) is 0. The standard InChI is InChI=1S/C7H4BrNOS/c8-5-3-7-6(1-2-11-7)9(10)4-5/h1-4H. The number of aromatic nitrogens is 1. The molecular weight excluding hydrogens is 226 g/mol. The maximum atomic E-state index is 11.2. The molecule has 4 heteroatoms. The van der Waals surface area contributed by atoms with E-state index in [1.54, 1.807) is 11.3 Å². The van der Waals surface area contributed by atoms with Gasteiger partial charge in [0.1, 0.15) is 4.70 Å². The molecule has 0 saturated carbocycles. The van der Waals surface area contributed by atoms with E-state index in [2.05, 4.69) is 15.9 Å². The monoisotopic (exact) mass is 229 g/mol. The van der Waals surface area contributed by atoms with E-state index in [-0.39, 0.29) is 0 Å². The highest BCUT2D eigenvalue weighted by atomic mass is 79.9. The van der Waals surface area contributed by atoms with Gasteiger partial charge in [0, 0.05) is 6.07 Å². The summed E-state index contributed by atoms with van der Waals surface area (Å²) in [5, 5.41) is 13.1. The van der Waals surface area contributed by atoms with Crippen molar-refractivity contribution in [2.24, 2.45) is 0 Å². The van der Waals surface area contributed by atoms with Crippen LogP contribution in [-0.2, 0) is 0 Å². The molecule has 0 atom stereocenters. The van der Waals surface area contributed by atoms with Gasteiger partial charge in [-0.15, -0.1) is 11.3 Å². The number of fused-ring (bicyclic) bond motifs is 1. The number of hydrogen-bond donors (Lipinski definition) is 0. The first kappa shape index (κ1) is 7.06. The van der Waals surface area contributed by atoms with Crippen LogP contribution in [0.25, 0.3) is 10.2 Å². The number of halogens is 1. The Hall–Kier alpha value is -0.610. The Morgan fingerprint density at radius 1 is 1.55 bits per heavy atom.